The van der Waals surface area contributed by atoms with Crippen molar-refractivity contribution in [3.8, 4) is 0 Å². The molecule has 6 nitrogen and oxygen atoms in total. The number of hydrogen-bond donors (Lipinski definition) is 1. The Morgan fingerprint density at radius 1 is 0.897 bits per heavy atom. The van der Waals surface area contributed by atoms with Crippen LogP contribution in [0.4, 0.5) is 5.69 Å². The Balaban J connectivity index is 1.40. The van der Waals surface area contributed by atoms with Crippen LogP contribution in [0.5, 0.6) is 0 Å². The Labute approximate surface area is 169 Å². The molecule has 2 aromatic carbocycles. The molecule has 1 N–H and O–H groups in total. The van der Waals surface area contributed by atoms with Gasteiger partial charge in [0, 0.05) is 47.6 Å². The van der Waals surface area contributed by atoms with Crippen LogP contribution in [0.15, 0.2) is 42.5 Å². The number of fused-ring (bicyclic) bond motifs is 5. The van der Waals surface area contributed by atoms with E-state index in [2.05, 4.69) is 10.2 Å². The number of hydrogen-bond acceptors (Lipinski definition) is 4. The predicted molar refractivity (Wildman–Crippen MR) is 109 cm³/mol. The number of amides is 1. The Bertz CT molecular complexity index is 1020. The highest BCUT2D eigenvalue weighted by Gasteiger charge is 2.45. The summed E-state index contributed by atoms with van der Waals surface area (Å²) in [6, 6.07) is 11.7. The molecule has 3 aliphatic heterocycles. The predicted octanol–water partition coefficient (Wildman–Crippen LogP) is 1.94. The zero-order chi connectivity index (χ0) is 20.2. The van der Waals surface area contributed by atoms with Gasteiger partial charge in [0.2, 0.25) is 0 Å². The minimum absolute atomic E-state index is 0.0321. The van der Waals surface area contributed by atoms with E-state index in [0.29, 0.717) is 27.9 Å². The van der Waals surface area contributed by atoms with Crippen molar-refractivity contribution in [2.24, 2.45) is 0 Å². The second-order valence-electron chi connectivity index (χ2n) is 8.36. The minimum atomic E-state index is -0.173. The van der Waals surface area contributed by atoms with Crippen LogP contribution >= 0.6 is 0 Å². The second-order valence-corrected chi connectivity index (χ2v) is 8.36. The normalized spacial score (nSPS) is 25.9. The largest absolute Gasteiger partial charge is 0.321 e. The molecular formula is C23H24N3O3+. The highest BCUT2D eigenvalue weighted by molar-refractivity contribution is 6.28. The van der Waals surface area contributed by atoms with Crippen LogP contribution in [0, 0.1) is 0 Å². The van der Waals surface area contributed by atoms with Crippen LogP contribution in [0.1, 0.15) is 38.8 Å². The van der Waals surface area contributed by atoms with Gasteiger partial charge in [-0.05, 0) is 25.1 Å². The molecule has 4 aliphatic rings. The molecule has 1 amide bonds. The lowest BCUT2D eigenvalue weighted by Crippen LogP contribution is -2.72. The molecule has 3 fully saturated rings. The fourth-order valence-electron chi connectivity index (χ4n) is 4.95. The molecule has 0 saturated carbocycles. The number of anilines is 1. The SMILES string of the molecule is C[C@H](C(=O)Nc1ccc2c(c1)C(=O)c1ccccc1C2=O)[N+]12CCN(CC1)CC2. The summed E-state index contributed by atoms with van der Waals surface area (Å²) in [4.78, 5) is 41.1. The fraction of sp³-hybridized carbons (Fsp3) is 0.348. The van der Waals surface area contributed by atoms with Gasteiger partial charge in [0.05, 0.1) is 19.6 Å². The van der Waals surface area contributed by atoms with Crippen LogP contribution in [-0.2, 0) is 4.79 Å². The number of carbonyl (C=O) groups is 3. The molecule has 3 saturated heterocycles. The number of nitrogens with one attached hydrogen (secondary N) is 1. The molecule has 1 aliphatic carbocycles. The van der Waals surface area contributed by atoms with E-state index >= 15 is 0 Å². The Morgan fingerprint density at radius 3 is 2.07 bits per heavy atom. The average Bonchev–Trinajstić information content (AvgIpc) is 2.78. The van der Waals surface area contributed by atoms with Crippen LogP contribution in [0.25, 0.3) is 0 Å². The van der Waals surface area contributed by atoms with E-state index in [1.807, 2.05) is 6.92 Å². The van der Waals surface area contributed by atoms with Crippen molar-refractivity contribution in [1.82, 2.24) is 4.90 Å². The molecule has 0 aromatic heterocycles. The number of rotatable bonds is 3. The third-order valence-corrected chi connectivity index (χ3v) is 6.98. The summed E-state index contributed by atoms with van der Waals surface area (Å²) in [7, 11) is 0. The third kappa shape index (κ3) is 2.82. The van der Waals surface area contributed by atoms with Gasteiger partial charge >= 0.3 is 0 Å². The summed E-state index contributed by atoms with van der Waals surface area (Å²) in [5.74, 6) is -0.352. The first-order valence-electron chi connectivity index (χ1n) is 10.2. The fourth-order valence-corrected chi connectivity index (χ4v) is 4.95. The molecule has 6 rings (SSSR count). The third-order valence-electron chi connectivity index (χ3n) is 6.98. The van der Waals surface area contributed by atoms with Crippen molar-refractivity contribution in [2.75, 3.05) is 44.6 Å². The zero-order valence-electron chi connectivity index (χ0n) is 16.5. The van der Waals surface area contributed by atoms with E-state index in [9.17, 15) is 14.4 Å². The zero-order valence-corrected chi connectivity index (χ0v) is 16.5. The van der Waals surface area contributed by atoms with E-state index < -0.39 is 0 Å². The molecule has 29 heavy (non-hydrogen) atoms. The van der Waals surface area contributed by atoms with Gasteiger partial charge in [-0.3, -0.25) is 19.3 Å². The van der Waals surface area contributed by atoms with Crippen molar-refractivity contribution in [3.05, 3.63) is 64.7 Å². The van der Waals surface area contributed by atoms with Crippen molar-refractivity contribution < 1.29 is 18.9 Å². The van der Waals surface area contributed by atoms with E-state index in [-0.39, 0.29) is 23.5 Å². The van der Waals surface area contributed by atoms with E-state index in [4.69, 9.17) is 0 Å². The highest BCUT2D eigenvalue weighted by atomic mass is 16.2. The van der Waals surface area contributed by atoms with Gasteiger partial charge in [-0.25, -0.2) is 0 Å². The highest BCUT2D eigenvalue weighted by Crippen LogP contribution is 2.30. The summed E-state index contributed by atoms with van der Waals surface area (Å²) < 4.78 is 0.831. The standard InChI is InChI=1S/C23H23N3O3/c1-15(26-11-8-25(9-12-26)10-13-26)23(29)24-16-6-7-19-20(14-16)22(28)18-5-3-2-4-17(18)21(19)27/h2-7,14-15H,8-13H2,1H3/p+1/t15-/m1/s1. The van der Waals surface area contributed by atoms with Gasteiger partial charge in [0.15, 0.2) is 17.6 Å². The summed E-state index contributed by atoms with van der Waals surface area (Å²) in [6.07, 6.45) is 0. The maximum Gasteiger partial charge on any atom is 0.282 e. The first-order valence-corrected chi connectivity index (χ1v) is 10.2. The molecule has 1 atom stereocenters. The van der Waals surface area contributed by atoms with Crippen molar-refractivity contribution in [1.29, 1.82) is 0 Å². The molecule has 3 heterocycles. The van der Waals surface area contributed by atoms with Crippen molar-refractivity contribution >= 4 is 23.2 Å². The topological polar surface area (TPSA) is 66.5 Å². The Hall–Kier alpha value is -2.83. The number of nitrogens with zero attached hydrogens (tertiary/aromatic N) is 2. The van der Waals surface area contributed by atoms with Gasteiger partial charge in [-0.15, -0.1) is 0 Å². The monoisotopic (exact) mass is 390 g/mol. The van der Waals surface area contributed by atoms with E-state index in [1.165, 1.54) is 0 Å². The molecular weight excluding hydrogens is 366 g/mol. The summed E-state index contributed by atoms with van der Waals surface area (Å²) in [5, 5.41) is 2.99. The lowest BCUT2D eigenvalue weighted by Gasteiger charge is -2.52. The van der Waals surface area contributed by atoms with E-state index in [1.54, 1.807) is 42.5 Å². The van der Waals surface area contributed by atoms with Gasteiger partial charge in [-0.2, -0.15) is 0 Å². The van der Waals surface area contributed by atoms with Crippen LogP contribution in [-0.4, -0.2) is 72.2 Å². The van der Waals surface area contributed by atoms with Gasteiger partial charge in [0.1, 0.15) is 0 Å². The molecule has 6 heteroatoms. The first kappa shape index (κ1) is 18.2. The smallest absolute Gasteiger partial charge is 0.282 e. The molecule has 0 spiro atoms. The minimum Gasteiger partial charge on any atom is -0.321 e. The van der Waals surface area contributed by atoms with Crippen molar-refractivity contribution in [3.63, 3.8) is 0 Å². The summed E-state index contributed by atoms with van der Waals surface area (Å²) in [5.41, 5.74) is 2.18. The first-order chi connectivity index (χ1) is 14.0. The van der Waals surface area contributed by atoms with Gasteiger partial charge in [-0.1, -0.05) is 24.3 Å². The number of piperazine rings is 3. The Morgan fingerprint density at radius 2 is 1.45 bits per heavy atom. The maximum atomic E-state index is 13.0. The number of benzene rings is 2. The van der Waals surface area contributed by atoms with Gasteiger partial charge < -0.3 is 9.80 Å². The Kier molecular flexibility index (Phi) is 4.15. The number of carbonyl (C=O) groups excluding carboxylic acids is 3. The lowest BCUT2D eigenvalue weighted by atomic mass is 9.84. The molecule has 2 aromatic rings. The van der Waals surface area contributed by atoms with E-state index in [0.717, 1.165) is 43.8 Å². The molecule has 0 unspecified atom stereocenters. The van der Waals surface area contributed by atoms with Crippen LogP contribution in [0.3, 0.4) is 0 Å². The maximum absolute atomic E-state index is 13.0. The average molecular weight is 390 g/mol. The van der Waals surface area contributed by atoms with Gasteiger partial charge in [0.25, 0.3) is 5.91 Å². The molecule has 2 bridgehead atoms. The quantitative estimate of drug-likeness (QED) is 0.694. The summed E-state index contributed by atoms with van der Waals surface area (Å²) in [6.45, 7) is 8.15. The van der Waals surface area contributed by atoms with Crippen LogP contribution < -0.4 is 5.32 Å². The second kappa shape index (κ2) is 6.61. The molecule has 148 valence electrons. The molecule has 0 radical (unpaired) electrons. The van der Waals surface area contributed by atoms with Crippen molar-refractivity contribution in [2.45, 2.75) is 13.0 Å². The summed E-state index contributed by atoms with van der Waals surface area (Å²) >= 11 is 0. The number of ketones is 2. The number of quaternary nitrogens is 1. The van der Waals surface area contributed by atoms with Crippen LogP contribution in [0.2, 0.25) is 0 Å². The lowest BCUT2D eigenvalue weighted by molar-refractivity contribution is -0.953.